The Labute approximate surface area is 149 Å². The normalized spacial score (nSPS) is 54.3. The molecule has 0 spiro atoms. The predicted molar refractivity (Wildman–Crippen MR) is 99.7 cm³/mol. The lowest BCUT2D eigenvalue weighted by molar-refractivity contribution is -0.145. The third kappa shape index (κ3) is 2.02. The van der Waals surface area contributed by atoms with Crippen molar-refractivity contribution in [2.75, 3.05) is 0 Å². The number of carbonyl (C=O) groups is 1. The minimum absolute atomic E-state index is 0.467. The van der Waals surface area contributed by atoms with Crippen LogP contribution in [-0.2, 0) is 4.79 Å². The number of hydrogen-bond acceptors (Lipinski definition) is 1. The second-order valence-corrected chi connectivity index (χ2v) is 11.0. The zero-order chi connectivity index (χ0) is 17.3. The largest absolute Gasteiger partial charge is 0.300 e. The summed E-state index contributed by atoms with van der Waals surface area (Å²) in [5, 5.41) is 0. The molecule has 4 aliphatic carbocycles. The summed E-state index contributed by atoms with van der Waals surface area (Å²) in [6, 6.07) is 0. The van der Waals surface area contributed by atoms with Gasteiger partial charge in [-0.3, -0.25) is 4.79 Å². The minimum atomic E-state index is 0.467. The summed E-state index contributed by atoms with van der Waals surface area (Å²) in [6.07, 6.45) is 11.4. The summed E-state index contributed by atoms with van der Waals surface area (Å²) in [5.74, 6) is 4.82. The summed E-state index contributed by atoms with van der Waals surface area (Å²) in [7, 11) is 0. The quantitative estimate of drug-likeness (QED) is 0.554. The number of hydrogen-bond donors (Lipinski definition) is 0. The van der Waals surface area contributed by atoms with Gasteiger partial charge in [0, 0.05) is 12.8 Å². The molecule has 0 aromatic carbocycles. The maximum absolute atomic E-state index is 12.0. The first-order chi connectivity index (χ1) is 11.2. The highest BCUT2D eigenvalue weighted by molar-refractivity contribution is 5.79. The lowest BCUT2D eigenvalue weighted by Gasteiger charge is -2.62. The molecule has 4 aliphatic rings. The molecule has 24 heavy (non-hydrogen) atoms. The van der Waals surface area contributed by atoms with Crippen molar-refractivity contribution < 1.29 is 4.79 Å². The fraction of sp³-hybridized carbons (Fsp3) is 0.957. The smallest absolute Gasteiger partial charge is 0.133 e. The third-order valence-corrected chi connectivity index (χ3v) is 10.4. The summed E-state index contributed by atoms with van der Waals surface area (Å²) in [5.41, 5.74) is 1.55. The van der Waals surface area contributed by atoms with Gasteiger partial charge in [0.15, 0.2) is 0 Å². The number of ketones is 1. The summed E-state index contributed by atoms with van der Waals surface area (Å²) in [4.78, 5) is 12.0. The predicted octanol–water partition coefficient (Wildman–Crippen LogP) is 6.26. The van der Waals surface area contributed by atoms with Crippen LogP contribution in [0.25, 0.3) is 0 Å². The van der Waals surface area contributed by atoms with Gasteiger partial charge in [-0.05, 0) is 90.8 Å². The summed E-state index contributed by atoms with van der Waals surface area (Å²) >= 11 is 0. The Hall–Kier alpha value is -0.330. The van der Waals surface area contributed by atoms with Crippen LogP contribution in [0.5, 0.6) is 0 Å². The van der Waals surface area contributed by atoms with Crippen LogP contribution in [0.15, 0.2) is 0 Å². The van der Waals surface area contributed by atoms with Crippen LogP contribution in [0.3, 0.4) is 0 Å². The molecule has 1 heteroatoms. The van der Waals surface area contributed by atoms with Crippen molar-refractivity contribution in [3.8, 4) is 0 Å². The molecule has 7 atom stereocenters. The molecule has 0 heterocycles. The Morgan fingerprint density at radius 1 is 0.917 bits per heavy atom. The van der Waals surface area contributed by atoms with Crippen molar-refractivity contribution in [1.29, 1.82) is 0 Å². The Morgan fingerprint density at radius 2 is 1.62 bits per heavy atom. The van der Waals surface area contributed by atoms with Crippen LogP contribution in [0, 0.1) is 45.8 Å². The van der Waals surface area contributed by atoms with E-state index < -0.39 is 0 Å². The number of rotatable bonds is 1. The van der Waals surface area contributed by atoms with E-state index in [-0.39, 0.29) is 0 Å². The van der Waals surface area contributed by atoms with Crippen molar-refractivity contribution in [2.45, 2.75) is 92.4 Å². The van der Waals surface area contributed by atoms with E-state index >= 15 is 0 Å². The molecular weight excluding hydrogens is 292 g/mol. The van der Waals surface area contributed by atoms with E-state index in [2.05, 4.69) is 34.6 Å². The molecule has 136 valence electrons. The molecule has 0 saturated heterocycles. The van der Waals surface area contributed by atoms with Crippen LogP contribution in [-0.4, -0.2) is 5.78 Å². The molecule has 0 aliphatic heterocycles. The zero-order valence-corrected chi connectivity index (χ0v) is 16.7. The van der Waals surface area contributed by atoms with E-state index in [9.17, 15) is 4.79 Å². The minimum Gasteiger partial charge on any atom is -0.300 e. The lowest BCUT2D eigenvalue weighted by atomic mass is 9.43. The van der Waals surface area contributed by atoms with Gasteiger partial charge in [0.25, 0.3) is 0 Å². The van der Waals surface area contributed by atoms with E-state index in [0.717, 1.165) is 36.5 Å². The Bertz CT molecular complexity index is 536. The van der Waals surface area contributed by atoms with Gasteiger partial charge >= 0.3 is 0 Å². The Morgan fingerprint density at radius 3 is 2.33 bits per heavy atom. The molecular formula is C23H38O. The van der Waals surface area contributed by atoms with E-state index in [4.69, 9.17) is 0 Å². The van der Waals surface area contributed by atoms with Gasteiger partial charge in [0.2, 0.25) is 0 Å². The van der Waals surface area contributed by atoms with Gasteiger partial charge in [-0.25, -0.2) is 0 Å². The first-order valence-corrected chi connectivity index (χ1v) is 10.7. The van der Waals surface area contributed by atoms with E-state index in [1.54, 1.807) is 0 Å². The SMILES string of the molecule is CC(C)[C@@]1(C)CC[C@H]2C3CCC4CC(=O)CC[C@]4(C)[C@H]3CC[C@@]21C. The van der Waals surface area contributed by atoms with E-state index in [1.807, 2.05) is 0 Å². The van der Waals surface area contributed by atoms with Crippen molar-refractivity contribution in [1.82, 2.24) is 0 Å². The molecule has 0 bridgehead atoms. The highest BCUT2D eigenvalue weighted by Gasteiger charge is 2.63. The second kappa shape index (κ2) is 5.34. The molecule has 4 rings (SSSR count). The topological polar surface area (TPSA) is 17.1 Å². The number of carbonyl (C=O) groups excluding carboxylic acids is 1. The van der Waals surface area contributed by atoms with Gasteiger partial charge in [-0.15, -0.1) is 0 Å². The molecule has 0 radical (unpaired) electrons. The molecule has 0 N–H and O–H groups in total. The molecule has 0 aromatic heterocycles. The van der Waals surface area contributed by atoms with Gasteiger partial charge in [-0.2, -0.15) is 0 Å². The van der Waals surface area contributed by atoms with Crippen LogP contribution >= 0.6 is 0 Å². The molecule has 2 unspecified atom stereocenters. The highest BCUT2D eigenvalue weighted by Crippen LogP contribution is 2.71. The number of Topliss-reactive ketones (excluding diaryl/α,β-unsaturated/α-hetero) is 1. The van der Waals surface area contributed by atoms with Crippen LogP contribution in [0.4, 0.5) is 0 Å². The third-order valence-electron chi connectivity index (χ3n) is 10.4. The fourth-order valence-electron chi connectivity index (χ4n) is 8.30. The average molecular weight is 331 g/mol. The van der Waals surface area contributed by atoms with Crippen molar-refractivity contribution in [3.63, 3.8) is 0 Å². The fourth-order valence-corrected chi connectivity index (χ4v) is 8.30. The summed E-state index contributed by atoms with van der Waals surface area (Å²) in [6.45, 7) is 12.7. The lowest BCUT2D eigenvalue weighted by Crippen LogP contribution is -2.55. The molecule has 0 amide bonds. The summed E-state index contributed by atoms with van der Waals surface area (Å²) < 4.78 is 0. The maximum atomic E-state index is 12.0. The maximum Gasteiger partial charge on any atom is 0.133 e. The first kappa shape index (κ1) is 17.1. The molecule has 4 saturated carbocycles. The monoisotopic (exact) mass is 330 g/mol. The van der Waals surface area contributed by atoms with Crippen LogP contribution in [0.1, 0.15) is 92.4 Å². The van der Waals surface area contributed by atoms with Crippen molar-refractivity contribution >= 4 is 5.78 Å². The van der Waals surface area contributed by atoms with Crippen molar-refractivity contribution in [3.05, 3.63) is 0 Å². The van der Waals surface area contributed by atoms with Gasteiger partial charge in [0.05, 0.1) is 0 Å². The van der Waals surface area contributed by atoms with Crippen LogP contribution in [0.2, 0.25) is 0 Å². The van der Waals surface area contributed by atoms with E-state index in [0.29, 0.717) is 27.9 Å². The van der Waals surface area contributed by atoms with Gasteiger partial charge < -0.3 is 0 Å². The zero-order valence-electron chi connectivity index (χ0n) is 16.7. The van der Waals surface area contributed by atoms with Gasteiger partial charge in [-0.1, -0.05) is 34.6 Å². The Kier molecular flexibility index (Phi) is 3.80. The second-order valence-electron chi connectivity index (χ2n) is 11.0. The van der Waals surface area contributed by atoms with Crippen LogP contribution < -0.4 is 0 Å². The standard InChI is InChI=1S/C23H38O/c1-15(2)22(4)12-10-20-18-7-6-16-14-17(24)8-11-21(16,3)19(18)9-13-23(20,22)5/h15-16,18-20H,6-14H2,1-5H3/t16?,18?,19-,20-,21-,22+,23-/m0/s1. The first-order valence-electron chi connectivity index (χ1n) is 10.7. The Balaban J connectivity index is 1.64. The molecule has 4 fully saturated rings. The highest BCUT2D eigenvalue weighted by atomic mass is 16.1. The molecule has 1 nitrogen and oxygen atoms in total. The van der Waals surface area contributed by atoms with Gasteiger partial charge in [0.1, 0.15) is 5.78 Å². The number of fused-ring (bicyclic) bond motifs is 5. The van der Waals surface area contributed by atoms with E-state index in [1.165, 1.54) is 44.9 Å². The van der Waals surface area contributed by atoms with Crippen molar-refractivity contribution in [2.24, 2.45) is 45.8 Å². The average Bonchev–Trinajstić information content (AvgIpc) is 2.81. The molecule has 0 aromatic rings.